The Bertz CT molecular complexity index is 958. The number of rotatable bonds is 9. The van der Waals surface area contributed by atoms with E-state index in [0.717, 1.165) is 0 Å². The molecule has 1 aliphatic heterocycles. The van der Waals surface area contributed by atoms with E-state index in [1.54, 1.807) is 18.2 Å². The van der Waals surface area contributed by atoms with Crippen LogP contribution < -0.4 is 24.3 Å². The number of ether oxygens (including phenoxy) is 5. The maximum atomic E-state index is 11.9. The Morgan fingerprint density at radius 1 is 1.06 bits per heavy atom. The summed E-state index contributed by atoms with van der Waals surface area (Å²) in [7, 11) is 1.43. The van der Waals surface area contributed by atoms with E-state index in [-0.39, 0.29) is 24.2 Å². The lowest BCUT2D eigenvalue weighted by molar-refractivity contribution is -0.150. The highest BCUT2D eigenvalue weighted by Gasteiger charge is 2.21. The normalized spacial score (nSPS) is 14.3. The molecule has 0 spiro atoms. The van der Waals surface area contributed by atoms with Gasteiger partial charge in [-0.05, 0) is 37.3 Å². The van der Waals surface area contributed by atoms with Gasteiger partial charge >= 0.3 is 5.97 Å². The van der Waals surface area contributed by atoms with Gasteiger partial charge in [-0.1, -0.05) is 12.1 Å². The molecule has 0 aromatic heterocycles. The number of benzene rings is 2. The van der Waals surface area contributed by atoms with Gasteiger partial charge in [0.25, 0.3) is 5.91 Å². The van der Waals surface area contributed by atoms with Gasteiger partial charge in [-0.15, -0.1) is 0 Å². The van der Waals surface area contributed by atoms with Crippen LogP contribution in [-0.2, 0) is 14.3 Å². The van der Waals surface area contributed by atoms with Crippen LogP contribution >= 0.6 is 0 Å². The van der Waals surface area contributed by atoms with Crippen molar-refractivity contribution < 1.29 is 38.1 Å². The molecule has 0 unspecified atom stereocenters. The number of para-hydroxylation sites is 2. The smallest absolute Gasteiger partial charge is 0.344 e. The predicted molar refractivity (Wildman–Crippen MR) is 109 cm³/mol. The van der Waals surface area contributed by atoms with Gasteiger partial charge in [0.1, 0.15) is 12.7 Å². The number of fused-ring (bicyclic) bond motifs is 1. The monoisotopic (exact) mass is 429 g/mol. The lowest BCUT2D eigenvalue weighted by Crippen LogP contribution is -2.42. The molecule has 0 aliphatic carbocycles. The third kappa shape index (κ3) is 6.11. The molecular formula is C22H23NO8. The molecule has 0 fully saturated rings. The number of Topliss-reactive ketones (excluding diaryl/α,β-unsaturated/α-hetero) is 1. The first-order valence-corrected chi connectivity index (χ1v) is 9.59. The average Bonchev–Trinajstić information content (AvgIpc) is 2.79. The van der Waals surface area contributed by atoms with Gasteiger partial charge in [-0.2, -0.15) is 0 Å². The molecule has 164 valence electrons. The number of amides is 1. The van der Waals surface area contributed by atoms with Crippen LogP contribution in [0.25, 0.3) is 0 Å². The van der Waals surface area contributed by atoms with Crippen molar-refractivity contribution in [1.29, 1.82) is 0 Å². The molecule has 2 aromatic carbocycles. The maximum Gasteiger partial charge on any atom is 0.344 e. The van der Waals surface area contributed by atoms with Crippen LogP contribution in [0, 0.1) is 0 Å². The first-order valence-electron chi connectivity index (χ1n) is 9.59. The molecule has 2 aromatic rings. The van der Waals surface area contributed by atoms with Crippen molar-refractivity contribution in [3.8, 4) is 23.0 Å². The minimum Gasteiger partial charge on any atom is -0.493 e. The number of ketones is 1. The molecule has 1 aliphatic rings. The number of nitrogens with one attached hydrogen (secondary N) is 1. The van der Waals surface area contributed by atoms with Crippen LogP contribution in [0.1, 0.15) is 17.3 Å². The number of carbonyl (C=O) groups is 3. The molecule has 0 radical (unpaired) electrons. The average molecular weight is 429 g/mol. The van der Waals surface area contributed by atoms with E-state index >= 15 is 0 Å². The lowest BCUT2D eigenvalue weighted by atomic mass is 10.1. The first-order chi connectivity index (χ1) is 15.0. The Labute approximate surface area is 179 Å². The highest BCUT2D eigenvalue weighted by atomic mass is 16.6. The summed E-state index contributed by atoms with van der Waals surface area (Å²) in [6.45, 7) is 1.08. The van der Waals surface area contributed by atoms with E-state index in [0.29, 0.717) is 29.4 Å². The van der Waals surface area contributed by atoms with Crippen molar-refractivity contribution in [2.75, 3.05) is 33.5 Å². The number of carbonyl (C=O) groups excluding carboxylic acids is 3. The van der Waals surface area contributed by atoms with E-state index in [1.165, 1.54) is 26.2 Å². The molecule has 0 saturated carbocycles. The zero-order chi connectivity index (χ0) is 22.2. The fourth-order valence-electron chi connectivity index (χ4n) is 2.77. The number of hydrogen-bond donors (Lipinski definition) is 1. The second-order valence-electron chi connectivity index (χ2n) is 6.67. The van der Waals surface area contributed by atoms with Crippen molar-refractivity contribution >= 4 is 17.7 Å². The van der Waals surface area contributed by atoms with Crippen LogP contribution in [0.4, 0.5) is 0 Å². The summed E-state index contributed by atoms with van der Waals surface area (Å²) in [5.41, 5.74) is 0.458. The topological polar surface area (TPSA) is 109 Å². The highest BCUT2D eigenvalue weighted by Crippen LogP contribution is 2.30. The van der Waals surface area contributed by atoms with Crippen molar-refractivity contribution in [2.45, 2.75) is 13.0 Å². The quantitative estimate of drug-likeness (QED) is 0.475. The third-order valence-corrected chi connectivity index (χ3v) is 4.37. The number of esters is 1. The Balaban J connectivity index is 1.38. The SMILES string of the molecule is COc1cc(C(C)=O)ccc1OCC(=O)OCC(=O)NC[C@@H]1COc2ccccc2O1. The van der Waals surface area contributed by atoms with Gasteiger partial charge in [0.15, 0.2) is 42.0 Å². The van der Waals surface area contributed by atoms with Gasteiger partial charge in [0.2, 0.25) is 0 Å². The maximum absolute atomic E-state index is 11.9. The van der Waals surface area contributed by atoms with Gasteiger partial charge in [-0.25, -0.2) is 4.79 Å². The zero-order valence-corrected chi connectivity index (χ0v) is 17.2. The molecule has 1 amide bonds. The molecule has 1 atom stereocenters. The van der Waals surface area contributed by atoms with E-state index < -0.39 is 25.1 Å². The largest absolute Gasteiger partial charge is 0.493 e. The van der Waals surface area contributed by atoms with Gasteiger partial charge in [-0.3, -0.25) is 9.59 Å². The molecule has 1 heterocycles. The molecule has 31 heavy (non-hydrogen) atoms. The summed E-state index contributed by atoms with van der Waals surface area (Å²) in [6, 6.07) is 11.9. The third-order valence-electron chi connectivity index (χ3n) is 4.37. The van der Waals surface area contributed by atoms with Crippen LogP contribution in [0.3, 0.4) is 0 Å². The minimum absolute atomic E-state index is 0.121. The summed E-state index contributed by atoms with van der Waals surface area (Å²) >= 11 is 0. The standard InChI is InChI=1S/C22H23NO8/c1-14(24)15-7-8-18(20(9-15)27-2)29-13-22(26)30-12-21(25)23-10-16-11-28-17-5-3-4-6-19(17)31-16/h3-9,16H,10-13H2,1-2H3,(H,23,25)/t16-/m1/s1. The molecule has 1 N–H and O–H groups in total. The van der Waals surface area contributed by atoms with Gasteiger partial charge in [0.05, 0.1) is 13.7 Å². The molecular weight excluding hydrogens is 406 g/mol. The molecule has 0 bridgehead atoms. The van der Waals surface area contributed by atoms with E-state index in [4.69, 9.17) is 23.7 Å². The van der Waals surface area contributed by atoms with Crippen LogP contribution in [-0.4, -0.2) is 57.2 Å². The van der Waals surface area contributed by atoms with Crippen LogP contribution in [0.2, 0.25) is 0 Å². The second kappa shape index (κ2) is 10.3. The highest BCUT2D eigenvalue weighted by molar-refractivity contribution is 5.94. The molecule has 9 heteroatoms. The second-order valence-corrected chi connectivity index (χ2v) is 6.67. The Kier molecular flexibility index (Phi) is 7.31. The Morgan fingerprint density at radius 3 is 2.58 bits per heavy atom. The summed E-state index contributed by atoms with van der Waals surface area (Å²) in [5, 5.41) is 2.63. The van der Waals surface area contributed by atoms with Gasteiger partial charge in [0, 0.05) is 5.56 Å². The number of hydrogen-bond acceptors (Lipinski definition) is 8. The zero-order valence-electron chi connectivity index (χ0n) is 17.2. The van der Waals surface area contributed by atoms with E-state index in [9.17, 15) is 14.4 Å². The number of methoxy groups -OCH3 is 1. The Hall–Kier alpha value is -3.75. The summed E-state index contributed by atoms with van der Waals surface area (Å²) in [5.74, 6) is 0.552. The van der Waals surface area contributed by atoms with Crippen molar-refractivity contribution in [3.63, 3.8) is 0 Å². The van der Waals surface area contributed by atoms with E-state index in [1.807, 2.05) is 12.1 Å². The van der Waals surface area contributed by atoms with Crippen molar-refractivity contribution in [3.05, 3.63) is 48.0 Å². The summed E-state index contributed by atoms with van der Waals surface area (Å²) in [6.07, 6.45) is -0.344. The van der Waals surface area contributed by atoms with Crippen LogP contribution in [0.15, 0.2) is 42.5 Å². The van der Waals surface area contributed by atoms with E-state index in [2.05, 4.69) is 5.32 Å². The molecule has 9 nitrogen and oxygen atoms in total. The van der Waals surface area contributed by atoms with Crippen LogP contribution in [0.5, 0.6) is 23.0 Å². The Morgan fingerprint density at radius 2 is 1.84 bits per heavy atom. The fraction of sp³-hybridized carbons (Fsp3) is 0.318. The van der Waals surface area contributed by atoms with Gasteiger partial charge < -0.3 is 29.0 Å². The summed E-state index contributed by atoms with van der Waals surface area (Å²) < 4.78 is 26.8. The first kappa shape index (κ1) is 21.9. The fourth-order valence-corrected chi connectivity index (χ4v) is 2.77. The predicted octanol–water partition coefficient (Wildman–Crippen LogP) is 1.78. The van der Waals surface area contributed by atoms with Crippen molar-refractivity contribution in [1.82, 2.24) is 5.32 Å². The summed E-state index contributed by atoms with van der Waals surface area (Å²) in [4.78, 5) is 35.2. The van der Waals surface area contributed by atoms with Crippen molar-refractivity contribution in [2.24, 2.45) is 0 Å². The molecule has 3 rings (SSSR count). The molecule has 0 saturated heterocycles. The lowest BCUT2D eigenvalue weighted by Gasteiger charge is -2.26. The minimum atomic E-state index is -0.723.